The van der Waals surface area contributed by atoms with Crippen LogP contribution in [-0.2, 0) is 0 Å². The highest BCUT2D eigenvalue weighted by molar-refractivity contribution is 6.33. The van der Waals surface area contributed by atoms with E-state index in [1.54, 1.807) is 6.20 Å². The van der Waals surface area contributed by atoms with E-state index in [0.29, 0.717) is 5.52 Å². The van der Waals surface area contributed by atoms with Gasteiger partial charge < -0.3 is 9.51 Å². The molecule has 0 fully saturated rings. The number of carboxylic acids is 1. The third-order valence-electron chi connectivity index (χ3n) is 1.61. The van der Waals surface area contributed by atoms with Crippen LogP contribution in [0.5, 0.6) is 0 Å². The summed E-state index contributed by atoms with van der Waals surface area (Å²) in [5, 5.41) is 8.87. The zero-order valence-electron chi connectivity index (χ0n) is 6.31. The number of hydrogen-bond donors (Lipinski definition) is 1. The summed E-state index contributed by atoms with van der Waals surface area (Å²) >= 11 is 5.71. The Labute approximate surface area is 77.6 Å². The highest BCUT2D eigenvalue weighted by atomic mass is 35.5. The van der Waals surface area contributed by atoms with Crippen LogP contribution in [0.2, 0.25) is 5.15 Å². The molecule has 0 amide bonds. The Morgan fingerprint density at radius 1 is 1.54 bits per heavy atom. The van der Waals surface area contributed by atoms with Gasteiger partial charge in [-0.3, -0.25) is 0 Å². The average Bonchev–Trinajstić information content (AvgIpc) is 2.49. The number of aromatic carboxylic acids is 1. The van der Waals surface area contributed by atoms with Crippen molar-refractivity contribution in [2.24, 2.45) is 0 Å². The van der Waals surface area contributed by atoms with Crippen LogP contribution in [0.1, 0.15) is 10.5 Å². The van der Waals surface area contributed by atoms with Crippen molar-refractivity contribution in [3.8, 4) is 0 Å². The summed E-state index contributed by atoms with van der Waals surface area (Å²) < 4.78 is 1.51. The topological polar surface area (TPSA) is 67.5 Å². The van der Waals surface area contributed by atoms with E-state index in [2.05, 4.69) is 9.97 Å². The first-order chi connectivity index (χ1) is 6.20. The van der Waals surface area contributed by atoms with Crippen LogP contribution in [0.4, 0.5) is 0 Å². The highest BCUT2D eigenvalue weighted by Gasteiger charge is 2.14. The molecule has 0 unspecified atom stereocenters. The van der Waals surface area contributed by atoms with Crippen molar-refractivity contribution in [1.29, 1.82) is 0 Å². The second-order valence-corrected chi connectivity index (χ2v) is 2.73. The number of nitrogens with zero attached hydrogens (tertiary/aromatic N) is 3. The molecule has 0 saturated heterocycles. The van der Waals surface area contributed by atoms with Crippen LogP contribution >= 0.6 is 11.6 Å². The molecule has 0 aliphatic carbocycles. The lowest BCUT2D eigenvalue weighted by Crippen LogP contribution is -1.98. The van der Waals surface area contributed by atoms with Gasteiger partial charge in [0.15, 0.2) is 10.8 Å². The van der Waals surface area contributed by atoms with E-state index in [0.717, 1.165) is 0 Å². The second kappa shape index (κ2) is 2.70. The lowest BCUT2D eigenvalue weighted by atomic mass is 10.4. The predicted molar refractivity (Wildman–Crippen MR) is 45.0 cm³/mol. The minimum absolute atomic E-state index is 0.0851. The number of fused-ring (bicyclic) bond motifs is 1. The zero-order chi connectivity index (χ0) is 9.42. The average molecular weight is 198 g/mol. The Kier molecular flexibility index (Phi) is 1.66. The molecule has 2 aromatic rings. The first kappa shape index (κ1) is 8.00. The number of carbonyl (C=O) groups is 1. The Bertz CT molecular complexity index is 480. The summed E-state index contributed by atoms with van der Waals surface area (Å²) in [6.45, 7) is 0. The van der Waals surface area contributed by atoms with Crippen molar-refractivity contribution in [3.05, 3.63) is 29.6 Å². The minimum Gasteiger partial charge on any atom is -0.476 e. The maximum absolute atomic E-state index is 10.7. The molecule has 13 heavy (non-hydrogen) atoms. The van der Waals surface area contributed by atoms with Crippen LogP contribution in [0, 0.1) is 0 Å². The lowest BCUT2D eigenvalue weighted by molar-refractivity contribution is 0.0693. The van der Waals surface area contributed by atoms with Crippen LogP contribution in [0.15, 0.2) is 18.7 Å². The molecule has 0 bridgehead atoms. The maximum atomic E-state index is 10.7. The summed E-state index contributed by atoms with van der Waals surface area (Å²) in [7, 11) is 0. The van der Waals surface area contributed by atoms with E-state index in [4.69, 9.17) is 16.7 Å². The van der Waals surface area contributed by atoms with Gasteiger partial charge in [-0.25, -0.2) is 14.8 Å². The van der Waals surface area contributed by atoms with Gasteiger partial charge in [-0.15, -0.1) is 0 Å². The fourth-order valence-corrected chi connectivity index (χ4v) is 1.31. The molecule has 66 valence electrons. The van der Waals surface area contributed by atoms with Gasteiger partial charge in [0, 0.05) is 12.4 Å². The van der Waals surface area contributed by atoms with Gasteiger partial charge in [0.05, 0.1) is 0 Å². The van der Waals surface area contributed by atoms with E-state index in [-0.39, 0.29) is 10.8 Å². The Hall–Kier alpha value is -1.62. The summed E-state index contributed by atoms with van der Waals surface area (Å²) in [4.78, 5) is 18.1. The van der Waals surface area contributed by atoms with Gasteiger partial charge in [0.1, 0.15) is 11.8 Å². The molecular weight excluding hydrogens is 194 g/mol. The molecule has 0 saturated carbocycles. The molecule has 0 spiro atoms. The zero-order valence-corrected chi connectivity index (χ0v) is 7.06. The van der Waals surface area contributed by atoms with Crippen molar-refractivity contribution in [2.45, 2.75) is 0 Å². The molecular formula is C7H4ClN3O2. The first-order valence-electron chi connectivity index (χ1n) is 3.40. The van der Waals surface area contributed by atoms with E-state index in [9.17, 15) is 4.79 Å². The van der Waals surface area contributed by atoms with Crippen molar-refractivity contribution in [3.63, 3.8) is 0 Å². The normalized spacial score (nSPS) is 10.5. The van der Waals surface area contributed by atoms with Crippen LogP contribution in [0.3, 0.4) is 0 Å². The van der Waals surface area contributed by atoms with Gasteiger partial charge in [-0.1, -0.05) is 11.6 Å². The Balaban J connectivity index is 2.86. The second-order valence-electron chi connectivity index (χ2n) is 2.37. The summed E-state index contributed by atoms with van der Waals surface area (Å²) in [6.07, 6.45) is 4.44. The number of halogens is 1. The first-order valence-corrected chi connectivity index (χ1v) is 3.78. The molecule has 6 heteroatoms. The van der Waals surface area contributed by atoms with Gasteiger partial charge in [-0.2, -0.15) is 0 Å². The lowest BCUT2D eigenvalue weighted by Gasteiger charge is -1.94. The van der Waals surface area contributed by atoms with Crippen molar-refractivity contribution in [1.82, 2.24) is 14.4 Å². The third kappa shape index (κ3) is 1.13. The van der Waals surface area contributed by atoms with Crippen LogP contribution in [0.25, 0.3) is 5.52 Å². The quantitative estimate of drug-likeness (QED) is 0.743. The number of carboxylic acid groups (broad SMARTS) is 1. The van der Waals surface area contributed by atoms with Gasteiger partial charge in [-0.05, 0) is 0 Å². The van der Waals surface area contributed by atoms with E-state index < -0.39 is 5.97 Å². The van der Waals surface area contributed by atoms with Gasteiger partial charge >= 0.3 is 5.97 Å². The number of hydrogen-bond acceptors (Lipinski definition) is 3. The van der Waals surface area contributed by atoms with Gasteiger partial charge in [0.25, 0.3) is 0 Å². The molecule has 0 aromatic carbocycles. The van der Waals surface area contributed by atoms with Crippen LogP contribution in [-0.4, -0.2) is 25.4 Å². The molecule has 0 aliphatic rings. The third-order valence-corrected chi connectivity index (χ3v) is 1.88. The molecule has 1 N–H and O–H groups in total. The summed E-state index contributed by atoms with van der Waals surface area (Å²) in [5.74, 6) is -1.11. The smallest absolute Gasteiger partial charge is 0.356 e. The molecule has 2 aromatic heterocycles. The number of rotatable bonds is 1. The molecule has 0 aliphatic heterocycles. The van der Waals surface area contributed by atoms with Crippen molar-refractivity contribution in [2.75, 3.05) is 0 Å². The standard InChI is InChI=1S/C7H4ClN3O2/c8-6-5-4(7(12)13)10-3-11(5)2-1-9-6/h1-3H,(H,12,13). The molecule has 0 radical (unpaired) electrons. The van der Waals surface area contributed by atoms with Crippen molar-refractivity contribution >= 4 is 23.1 Å². The maximum Gasteiger partial charge on any atom is 0.356 e. The van der Waals surface area contributed by atoms with Gasteiger partial charge in [0.2, 0.25) is 0 Å². The fourth-order valence-electron chi connectivity index (χ4n) is 1.07. The fraction of sp³-hybridized carbons (Fsp3) is 0. The molecule has 2 rings (SSSR count). The van der Waals surface area contributed by atoms with Crippen molar-refractivity contribution < 1.29 is 9.90 Å². The largest absolute Gasteiger partial charge is 0.476 e. The predicted octanol–water partition coefficient (Wildman–Crippen LogP) is 1.08. The molecule has 5 nitrogen and oxygen atoms in total. The van der Waals surface area contributed by atoms with E-state index in [1.165, 1.54) is 16.9 Å². The van der Waals surface area contributed by atoms with Crippen LogP contribution < -0.4 is 0 Å². The number of imidazole rings is 1. The summed E-state index contributed by atoms with van der Waals surface area (Å²) in [6, 6.07) is 0. The highest BCUT2D eigenvalue weighted by Crippen LogP contribution is 2.17. The van der Waals surface area contributed by atoms with E-state index >= 15 is 0 Å². The molecule has 0 atom stereocenters. The Morgan fingerprint density at radius 2 is 2.31 bits per heavy atom. The monoisotopic (exact) mass is 197 g/mol. The SMILES string of the molecule is O=C(O)c1ncn2ccnc(Cl)c12. The van der Waals surface area contributed by atoms with E-state index in [1.807, 2.05) is 0 Å². The summed E-state index contributed by atoms with van der Waals surface area (Å²) in [5.41, 5.74) is 0.231. The molecule has 2 heterocycles. The minimum atomic E-state index is -1.11. The number of aromatic nitrogens is 3. The Morgan fingerprint density at radius 3 is 3.00 bits per heavy atom.